The Kier molecular flexibility index (Phi) is 4.38. The third-order valence-corrected chi connectivity index (χ3v) is 5.29. The lowest BCUT2D eigenvalue weighted by Gasteiger charge is -2.41. The molecule has 0 spiro atoms. The number of imidazole rings is 1. The van der Waals surface area contributed by atoms with Gasteiger partial charge in [-0.1, -0.05) is 0 Å². The van der Waals surface area contributed by atoms with Gasteiger partial charge < -0.3 is 29.6 Å². The molecule has 0 atom stereocenters. The van der Waals surface area contributed by atoms with Gasteiger partial charge in [-0.25, -0.2) is 4.98 Å². The molecule has 152 valence electrons. The number of hydrogen-bond donors (Lipinski definition) is 3. The van der Waals surface area contributed by atoms with Crippen LogP contribution in [0.3, 0.4) is 0 Å². The smallest absolute Gasteiger partial charge is 0.221 e. The molecular weight excluding hydrogens is 374 g/mol. The average Bonchev–Trinajstić information content (AvgIpc) is 3.02. The van der Waals surface area contributed by atoms with Gasteiger partial charge >= 0.3 is 0 Å². The number of aromatic nitrogens is 2. The summed E-state index contributed by atoms with van der Waals surface area (Å²) in [6.45, 7) is 6.31. The molecule has 2 aromatic carbocycles. The number of nitrogens with one attached hydrogen (secondary N) is 1. The minimum absolute atomic E-state index is 0.160. The van der Waals surface area contributed by atoms with E-state index >= 15 is 0 Å². The molecule has 3 N–H and O–H groups in total. The Hall–Kier alpha value is -3.26. The maximum atomic E-state index is 11.4. The molecule has 0 saturated carbocycles. The molecule has 3 aromatic rings. The topological polar surface area (TPSA) is 106 Å². The van der Waals surface area contributed by atoms with E-state index in [-0.39, 0.29) is 28.7 Å². The van der Waals surface area contributed by atoms with E-state index in [1.807, 2.05) is 18.2 Å². The Morgan fingerprint density at radius 2 is 2.00 bits per heavy atom. The second-order valence-electron chi connectivity index (χ2n) is 7.59. The van der Waals surface area contributed by atoms with Gasteiger partial charge in [-0.3, -0.25) is 4.79 Å². The molecule has 0 bridgehead atoms. The van der Waals surface area contributed by atoms with Crippen LogP contribution in [0.15, 0.2) is 24.3 Å². The number of methoxy groups -OCH3 is 1. The zero-order valence-electron chi connectivity index (χ0n) is 16.7. The maximum absolute atomic E-state index is 11.4. The first-order valence-electron chi connectivity index (χ1n) is 9.23. The molecule has 1 amide bonds. The standard InChI is InChI=1S/C21H23N3O5/c1-11-14(8-17(28-4)19(27)18(11)26)20-23-15-7-13(22-12(2)25)5-6-16(15)24(20)21(3)9-29-10-21/h5-8,26-27H,9-10H2,1-4H3,(H,22,25). The minimum Gasteiger partial charge on any atom is -0.504 e. The highest BCUT2D eigenvalue weighted by Gasteiger charge is 2.39. The van der Waals surface area contributed by atoms with Crippen LogP contribution >= 0.6 is 0 Å². The second-order valence-corrected chi connectivity index (χ2v) is 7.59. The number of nitrogens with zero attached hydrogens (tertiary/aromatic N) is 2. The fraction of sp³-hybridized carbons (Fsp3) is 0.333. The van der Waals surface area contributed by atoms with Crippen molar-refractivity contribution >= 4 is 22.6 Å². The van der Waals surface area contributed by atoms with E-state index in [0.29, 0.717) is 41.4 Å². The largest absolute Gasteiger partial charge is 0.504 e. The number of amides is 1. The lowest BCUT2D eigenvalue weighted by molar-refractivity contribution is -0.114. The Morgan fingerprint density at radius 1 is 1.28 bits per heavy atom. The molecule has 0 radical (unpaired) electrons. The number of anilines is 1. The van der Waals surface area contributed by atoms with Gasteiger partial charge in [0.05, 0.1) is 36.9 Å². The van der Waals surface area contributed by atoms with Crippen LogP contribution in [0, 0.1) is 6.92 Å². The summed E-state index contributed by atoms with van der Waals surface area (Å²) in [7, 11) is 1.43. The highest BCUT2D eigenvalue weighted by molar-refractivity contribution is 5.92. The van der Waals surface area contributed by atoms with Crippen molar-refractivity contribution in [3.05, 3.63) is 29.8 Å². The molecule has 1 aliphatic heterocycles. The third-order valence-electron chi connectivity index (χ3n) is 5.29. The fourth-order valence-electron chi connectivity index (χ4n) is 3.73. The quantitative estimate of drug-likeness (QED) is 0.584. The predicted molar refractivity (Wildman–Crippen MR) is 109 cm³/mol. The van der Waals surface area contributed by atoms with Gasteiger partial charge in [0.25, 0.3) is 0 Å². The van der Waals surface area contributed by atoms with Crippen molar-refractivity contribution in [1.29, 1.82) is 0 Å². The van der Waals surface area contributed by atoms with Crippen molar-refractivity contribution in [3.8, 4) is 28.6 Å². The molecule has 2 heterocycles. The predicted octanol–water partition coefficient (Wildman–Crippen LogP) is 3.14. The molecule has 0 aliphatic carbocycles. The highest BCUT2D eigenvalue weighted by Crippen LogP contribution is 2.45. The Morgan fingerprint density at radius 3 is 2.59 bits per heavy atom. The molecule has 1 fully saturated rings. The van der Waals surface area contributed by atoms with Crippen LogP contribution in [0.4, 0.5) is 5.69 Å². The van der Waals surface area contributed by atoms with Crippen molar-refractivity contribution in [3.63, 3.8) is 0 Å². The van der Waals surface area contributed by atoms with Gasteiger partial charge in [-0.2, -0.15) is 0 Å². The summed E-state index contributed by atoms with van der Waals surface area (Å²) < 4.78 is 12.8. The molecule has 29 heavy (non-hydrogen) atoms. The lowest BCUT2D eigenvalue weighted by Crippen LogP contribution is -2.49. The number of aromatic hydroxyl groups is 2. The van der Waals surface area contributed by atoms with Crippen LogP contribution in [0.2, 0.25) is 0 Å². The van der Waals surface area contributed by atoms with Crippen molar-refractivity contribution in [2.45, 2.75) is 26.3 Å². The van der Waals surface area contributed by atoms with Gasteiger partial charge in [0.1, 0.15) is 5.82 Å². The summed E-state index contributed by atoms with van der Waals surface area (Å²) in [5, 5.41) is 23.3. The van der Waals surface area contributed by atoms with Crippen LogP contribution < -0.4 is 10.1 Å². The van der Waals surface area contributed by atoms with Gasteiger partial charge in [-0.15, -0.1) is 0 Å². The molecule has 1 aromatic heterocycles. The van der Waals surface area contributed by atoms with Crippen molar-refractivity contribution in [2.75, 3.05) is 25.6 Å². The first-order chi connectivity index (χ1) is 13.7. The molecule has 8 nitrogen and oxygen atoms in total. The van der Waals surface area contributed by atoms with Gasteiger partial charge in [0.2, 0.25) is 11.7 Å². The molecule has 1 saturated heterocycles. The van der Waals surface area contributed by atoms with E-state index in [4.69, 9.17) is 14.5 Å². The molecule has 4 rings (SSSR count). The van der Waals surface area contributed by atoms with Crippen LogP contribution in [-0.2, 0) is 15.1 Å². The van der Waals surface area contributed by atoms with E-state index in [2.05, 4.69) is 16.8 Å². The van der Waals surface area contributed by atoms with Crippen molar-refractivity contribution in [1.82, 2.24) is 9.55 Å². The summed E-state index contributed by atoms with van der Waals surface area (Å²) in [5.41, 5.74) is 3.05. The molecule has 1 aliphatic rings. The first kappa shape index (κ1) is 19.1. The maximum Gasteiger partial charge on any atom is 0.221 e. The third kappa shape index (κ3) is 2.96. The van der Waals surface area contributed by atoms with E-state index in [0.717, 1.165) is 5.52 Å². The van der Waals surface area contributed by atoms with Crippen LogP contribution in [0.5, 0.6) is 17.2 Å². The van der Waals surface area contributed by atoms with Crippen LogP contribution in [0.1, 0.15) is 19.4 Å². The summed E-state index contributed by atoms with van der Waals surface area (Å²) in [6.07, 6.45) is 0. The summed E-state index contributed by atoms with van der Waals surface area (Å²) >= 11 is 0. The van der Waals surface area contributed by atoms with E-state index in [9.17, 15) is 15.0 Å². The highest BCUT2D eigenvalue weighted by atomic mass is 16.5. The Bertz CT molecular complexity index is 1130. The fourth-order valence-corrected chi connectivity index (χ4v) is 3.73. The van der Waals surface area contributed by atoms with E-state index in [1.54, 1.807) is 13.0 Å². The Labute approximate surface area is 167 Å². The first-order valence-corrected chi connectivity index (χ1v) is 9.23. The number of carbonyl (C=O) groups is 1. The second kappa shape index (κ2) is 6.66. The number of carbonyl (C=O) groups excluding carboxylic acids is 1. The summed E-state index contributed by atoms with van der Waals surface area (Å²) in [6, 6.07) is 7.22. The SMILES string of the molecule is COc1cc(-c2nc3cc(NC(C)=O)ccc3n2C2(C)COC2)c(C)c(O)c1O. The van der Waals surface area contributed by atoms with Crippen LogP contribution in [0.25, 0.3) is 22.4 Å². The number of benzene rings is 2. The summed E-state index contributed by atoms with van der Waals surface area (Å²) in [4.78, 5) is 16.2. The van der Waals surface area contributed by atoms with Gasteiger partial charge in [-0.05, 0) is 38.1 Å². The molecule has 0 unspecified atom stereocenters. The lowest BCUT2D eigenvalue weighted by atomic mass is 9.98. The number of rotatable bonds is 4. The Balaban J connectivity index is 2.00. The monoisotopic (exact) mass is 397 g/mol. The zero-order chi connectivity index (χ0) is 20.9. The van der Waals surface area contributed by atoms with Crippen molar-refractivity contribution < 1.29 is 24.5 Å². The molecule has 8 heteroatoms. The number of phenolic OH excluding ortho intramolecular Hbond substituents is 2. The zero-order valence-corrected chi connectivity index (χ0v) is 16.7. The number of phenols is 2. The minimum atomic E-state index is -0.313. The normalized spacial score (nSPS) is 15.2. The van der Waals surface area contributed by atoms with Crippen LogP contribution in [-0.4, -0.2) is 46.0 Å². The van der Waals surface area contributed by atoms with Gasteiger partial charge in [0.15, 0.2) is 11.5 Å². The number of ether oxygens (including phenoxy) is 2. The average molecular weight is 397 g/mol. The van der Waals surface area contributed by atoms with E-state index < -0.39 is 0 Å². The number of fused-ring (bicyclic) bond motifs is 1. The number of hydrogen-bond acceptors (Lipinski definition) is 6. The van der Waals surface area contributed by atoms with Crippen molar-refractivity contribution in [2.24, 2.45) is 0 Å². The molecular formula is C21H23N3O5. The van der Waals surface area contributed by atoms with Gasteiger partial charge in [0, 0.05) is 23.7 Å². The van der Waals surface area contributed by atoms with E-state index in [1.165, 1.54) is 14.0 Å². The summed E-state index contributed by atoms with van der Waals surface area (Å²) in [5.74, 6) is 0.0781.